The monoisotopic (exact) mass is 341 g/mol. The molecule has 0 fully saturated rings. The Kier molecular flexibility index (Phi) is 3.93. The van der Waals surface area contributed by atoms with Gasteiger partial charge in [0, 0.05) is 0 Å². The smallest absolute Gasteiger partial charge is 0.251 e. The van der Waals surface area contributed by atoms with Crippen LogP contribution in [0.15, 0.2) is 39.2 Å². The molecule has 0 radical (unpaired) electrons. The van der Waals surface area contributed by atoms with Crippen molar-refractivity contribution in [3.05, 3.63) is 47.7 Å². The van der Waals surface area contributed by atoms with Gasteiger partial charge in [0.25, 0.3) is 5.89 Å². The second-order valence-electron chi connectivity index (χ2n) is 6.10. The highest BCUT2D eigenvalue weighted by Crippen LogP contribution is 2.34. The molecule has 1 atom stereocenters. The van der Waals surface area contributed by atoms with Gasteiger partial charge in [-0.15, -0.1) is 10.2 Å². The third-order valence-electron chi connectivity index (χ3n) is 4.19. The molecule has 7 nitrogen and oxygen atoms in total. The number of benzene rings is 1. The summed E-state index contributed by atoms with van der Waals surface area (Å²) in [5.74, 6) is 3.25. The van der Waals surface area contributed by atoms with Crippen LogP contribution in [0.25, 0.3) is 11.5 Å². The fraction of sp³-hybridized carbons (Fsp3) is 0.333. The Hall–Kier alpha value is -2.80. The number of aliphatic hydroxyl groups excluding tert-OH is 1. The van der Waals surface area contributed by atoms with Crippen LogP contribution in [-0.4, -0.2) is 34.6 Å². The predicted octanol–water partition coefficient (Wildman–Crippen LogP) is 2.71. The average Bonchev–Trinajstić information content (AvgIpc) is 3.20. The first-order valence-corrected chi connectivity index (χ1v) is 8.15. The molecular weight excluding hydrogens is 322 g/mol. The van der Waals surface area contributed by atoms with Crippen LogP contribution in [0, 0.1) is 13.8 Å². The van der Waals surface area contributed by atoms with Crippen molar-refractivity contribution in [2.24, 2.45) is 0 Å². The van der Waals surface area contributed by atoms with Gasteiger partial charge in [-0.25, -0.2) is 0 Å². The quantitative estimate of drug-likeness (QED) is 0.781. The third kappa shape index (κ3) is 2.98. The number of aliphatic hydroxyl groups is 1. The molecule has 1 aliphatic heterocycles. The number of fused-ring (bicyclic) bond motifs is 1. The molecule has 2 aromatic heterocycles. The van der Waals surface area contributed by atoms with Gasteiger partial charge in [0.05, 0.1) is 30.9 Å². The Morgan fingerprint density at radius 1 is 1.20 bits per heavy atom. The minimum atomic E-state index is -0.281. The van der Waals surface area contributed by atoms with E-state index in [0.717, 1.165) is 28.5 Å². The van der Waals surface area contributed by atoms with E-state index in [0.29, 0.717) is 24.9 Å². The van der Waals surface area contributed by atoms with Gasteiger partial charge < -0.3 is 23.6 Å². The van der Waals surface area contributed by atoms with Gasteiger partial charge in [-0.3, -0.25) is 0 Å². The Balaban J connectivity index is 1.59. The summed E-state index contributed by atoms with van der Waals surface area (Å²) >= 11 is 0. The number of hydrogen-bond acceptors (Lipinski definition) is 7. The number of furan rings is 1. The molecule has 0 aliphatic carbocycles. The van der Waals surface area contributed by atoms with Crippen LogP contribution in [-0.2, 0) is 6.54 Å². The molecule has 0 saturated carbocycles. The summed E-state index contributed by atoms with van der Waals surface area (Å²) in [6, 6.07) is 9.61. The van der Waals surface area contributed by atoms with Gasteiger partial charge in [-0.1, -0.05) is 12.1 Å². The largest absolute Gasteiger partial charge is 0.484 e. The van der Waals surface area contributed by atoms with E-state index in [9.17, 15) is 5.11 Å². The maximum atomic E-state index is 9.47. The van der Waals surface area contributed by atoms with E-state index in [2.05, 4.69) is 15.1 Å². The van der Waals surface area contributed by atoms with Crippen molar-refractivity contribution < 1.29 is 18.7 Å². The first kappa shape index (κ1) is 15.7. The predicted molar refractivity (Wildman–Crippen MR) is 90.5 cm³/mol. The van der Waals surface area contributed by atoms with Crippen molar-refractivity contribution in [3.8, 4) is 17.2 Å². The van der Waals surface area contributed by atoms with E-state index >= 15 is 0 Å². The first-order valence-electron chi connectivity index (χ1n) is 8.15. The summed E-state index contributed by atoms with van der Waals surface area (Å²) in [6.07, 6.45) is -0.281. The lowest BCUT2D eigenvalue weighted by Crippen LogP contribution is -2.41. The molecule has 0 bridgehead atoms. The van der Waals surface area contributed by atoms with Crippen molar-refractivity contribution in [2.45, 2.75) is 26.5 Å². The zero-order valence-corrected chi connectivity index (χ0v) is 14.1. The zero-order valence-electron chi connectivity index (χ0n) is 14.1. The lowest BCUT2D eigenvalue weighted by Gasteiger charge is -2.34. The number of para-hydroxylation sites is 2. The van der Waals surface area contributed by atoms with Crippen LogP contribution in [0.3, 0.4) is 0 Å². The molecule has 0 amide bonds. The maximum absolute atomic E-state index is 9.47. The summed E-state index contributed by atoms with van der Waals surface area (Å²) < 4.78 is 17.1. The Morgan fingerprint density at radius 3 is 2.80 bits per heavy atom. The molecule has 3 heterocycles. The Labute approximate surface area is 144 Å². The lowest BCUT2D eigenvalue weighted by atomic mass is 10.2. The fourth-order valence-corrected chi connectivity index (χ4v) is 3.06. The summed E-state index contributed by atoms with van der Waals surface area (Å²) in [6.45, 7) is 4.70. The van der Waals surface area contributed by atoms with Gasteiger partial charge in [0.1, 0.15) is 23.4 Å². The number of aryl methyl sites for hydroxylation is 2. The van der Waals surface area contributed by atoms with E-state index in [1.807, 2.05) is 44.2 Å². The van der Waals surface area contributed by atoms with Crippen LogP contribution >= 0.6 is 0 Å². The number of rotatable bonds is 4. The third-order valence-corrected chi connectivity index (χ3v) is 4.19. The van der Waals surface area contributed by atoms with Crippen LogP contribution in [0.5, 0.6) is 5.75 Å². The molecular formula is C18H19N3O4. The fourth-order valence-electron chi connectivity index (χ4n) is 3.06. The molecule has 1 aliphatic rings. The van der Waals surface area contributed by atoms with Gasteiger partial charge >= 0.3 is 0 Å². The van der Waals surface area contributed by atoms with Gasteiger partial charge in [0.15, 0.2) is 0 Å². The van der Waals surface area contributed by atoms with E-state index in [-0.39, 0.29) is 12.7 Å². The number of hydrogen-bond donors (Lipinski definition) is 1. The number of anilines is 1. The molecule has 0 spiro atoms. The van der Waals surface area contributed by atoms with Crippen LogP contribution in [0.4, 0.5) is 5.69 Å². The second-order valence-corrected chi connectivity index (χ2v) is 6.10. The van der Waals surface area contributed by atoms with Crippen molar-refractivity contribution >= 4 is 5.69 Å². The van der Waals surface area contributed by atoms with E-state index in [1.165, 1.54) is 0 Å². The highest BCUT2D eigenvalue weighted by Gasteiger charge is 2.26. The molecule has 1 unspecified atom stereocenters. The van der Waals surface area contributed by atoms with Gasteiger partial charge in [-0.05, 0) is 32.0 Å². The standard InChI is InChI=1S/C18H19N3O4/c1-11-7-14(12(2)23-11)18-20-19-17(25-18)9-21-8-13(10-22)24-16-6-4-3-5-15(16)21/h3-7,13,22H,8-10H2,1-2H3. The normalized spacial score (nSPS) is 16.6. The lowest BCUT2D eigenvalue weighted by molar-refractivity contribution is 0.111. The van der Waals surface area contributed by atoms with E-state index < -0.39 is 0 Å². The number of aromatic nitrogens is 2. The van der Waals surface area contributed by atoms with Crippen molar-refractivity contribution in [1.29, 1.82) is 0 Å². The van der Waals surface area contributed by atoms with Crippen molar-refractivity contribution in [1.82, 2.24) is 10.2 Å². The molecule has 25 heavy (non-hydrogen) atoms. The Bertz CT molecular complexity index is 886. The second kappa shape index (κ2) is 6.25. The van der Waals surface area contributed by atoms with Crippen LogP contribution in [0.1, 0.15) is 17.4 Å². The first-order chi connectivity index (χ1) is 12.1. The van der Waals surface area contributed by atoms with E-state index in [4.69, 9.17) is 13.6 Å². The molecule has 3 aromatic rings. The number of ether oxygens (including phenoxy) is 1. The van der Waals surface area contributed by atoms with E-state index in [1.54, 1.807) is 0 Å². The zero-order chi connectivity index (χ0) is 17.4. The molecule has 1 N–H and O–H groups in total. The highest BCUT2D eigenvalue weighted by atomic mass is 16.5. The molecule has 4 rings (SSSR count). The average molecular weight is 341 g/mol. The minimum Gasteiger partial charge on any atom is -0.484 e. The van der Waals surface area contributed by atoms with Gasteiger partial charge in [0.2, 0.25) is 5.89 Å². The topological polar surface area (TPSA) is 84.8 Å². The van der Waals surface area contributed by atoms with Crippen LogP contribution in [0.2, 0.25) is 0 Å². The summed E-state index contributed by atoms with van der Waals surface area (Å²) in [4.78, 5) is 2.07. The van der Waals surface area contributed by atoms with Crippen molar-refractivity contribution in [2.75, 3.05) is 18.1 Å². The molecule has 130 valence electrons. The Morgan fingerprint density at radius 2 is 2.04 bits per heavy atom. The van der Waals surface area contributed by atoms with Crippen LogP contribution < -0.4 is 9.64 Å². The van der Waals surface area contributed by atoms with Gasteiger partial charge in [-0.2, -0.15) is 0 Å². The summed E-state index contributed by atoms with van der Waals surface area (Å²) in [7, 11) is 0. The minimum absolute atomic E-state index is 0.0482. The summed E-state index contributed by atoms with van der Waals surface area (Å²) in [5, 5.41) is 17.8. The molecule has 0 saturated heterocycles. The molecule has 1 aromatic carbocycles. The summed E-state index contributed by atoms with van der Waals surface area (Å²) in [5.41, 5.74) is 1.76. The maximum Gasteiger partial charge on any atom is 0.251 e. The number of nitrogens with zero attached hydrogens (tertiary/aromatic N) is 3. The highest BCUT2D eigenvalue weighted by molar-refractivity contribution is 5.60. The molecule has 7 heteroatoms. The SMILES string of the molecule is Cc1cc(-c2nnc(CN3CC(CO)Oc4ccccc43)o2)c(C)o1. The van der Waals surface area contributed by atoms with Crippen molar-refractivity contribution in [3.63, 3.8) is 0 Å².